The molecular weight excluding hydrogens is 398 g/mol. The molecule has 6 heteroatoms. The van der Waals surface area contributed by atoms with E-state index < -0.39 is 0 Å². The summed E-state index contributed by atoms with van der Waals surface area (Å²) in [6, 6.07) is 18.0. The predicted molar refractivity (Wildman–Crippen MR) is 118 cm³/mol. The maximum absolute atomic E-state index is 12.8. The minimum absolute atomic E-state index is 0.0612. The molecule has 158 valence electrons. The quantitative estimate of drug-likeness (QED) is 0.700. The summed E-state index contributed by atoms with van der Waals surface area (Å²) in [7, 11) is 0. The summed E-state index contributed by atoms with van der Waals surface area (Å²) in [6.07, 6.45) is 3.12. The van der Waals surface area contributed by atoms with Crippen LogP contribution in [-0.4, -0.2) is 59.4 Å². The minimum atomic E-state index is -0.0673. The van der Waals surface area contributed by atoms with Gasteiger partial charge < -0.3 is 14.7 Å². The first-order valence-corrected chi connectivity index (χ1v) is 11.1. The lowest BCUT2D eigenvalue weighted by molar-refractivity contribution is -0.133. The van der Waals surface area contributed by atoms with Gasteiger partial charge in [-0.2, -0.15) is 0 Å². The van der Waals surface area contributed by atoms with Gasteiger partial charge in [0.15, 0.2) is 0 Å². The van der Waals surface area contributed by atoms with Gasteiger partial charge in [-0.1, -0.05) is 54.1 Å². The number of halogens is 1. The first kappa shape index (κ1) is 20.7. The number of benzene rings is 2. The van der Waals surface area contributed by atoms with Crippen molar-refractivity contribution in [2.45, 2.75) is 25.8 Å². The minimum Gasteiger partial charge on any atom is -0.341 e. The average Bonchev–Trinajstić information content (AvgIpc) is 3.08. The van der Waals surface area contributed by atoms with E-state index in [4.69, 9.17) is 11.6 Å². The number of rotatable bonds is 6. The van der Waals surface area contributed by atoms with Crippen molar-refractivity contribution in [1.82, 2.24) is 14.7 Å². The fourth-order valence-electron chi connectivity index (χ4n) is 4.38. The molecule has 2 aliphatic rings. The van der Waals surface area contributed by atoms with Crippen molar-refractivity contribution in [3.63, 3.8) is 0 Å². The maximum Gasteiger partial charge on any atom is 0.320 e. The molecule has 5 nitrogen and oxygen atoms in total. The molecule has 4 rings (SSSR count). The van der Waals surface area contributed by atoms with Gasteiger partial charge >= 0.3 is 6.03 Å². The normalized spacial score (nSPS) is 17.6. The van der Waals surface area contributed by atoms with Crippen LogP contribution < -0.4 is 0 Å². The van der Waals surface area contributed by atoms with Gasteiger partial charge in [-0.05, 0) is 48.4 Å². The third-order valence-electron chi connectivity index (χ3n) is 6.10. The van der Waals surface area contributed by atoms with E-state index in [0.29, 0.717) is 30.6 Å². The Hall–Kier alpha value is -2.53. The van der Waals surface area contributed by atoms with Crippen LogP contribution in [0.15, 0.2) is 54.6 Å². The van der Waals surface area contributed by atoms with Gasteiger partial charge in [0.05, 0.1) is 0 Å². The Kier molecular flexibility index (Phi) is 6.58. The number of nitrogens with zero attached hydrogens (tertiary/aromatic N) is 3. The molecule has 0 saturated carbocycles. The second kappa shape index (κ2) is 9.52. The van der Waals surface area contributed by atoms with E-state index >= 15 is 0 Å². The Bertz CT molecular complexity index is 881. The third-order valence-corrected chi connectivity index (χ3v) is 6.34. The summed E-state index contributed by atoms with van der Waals surface area (Å²) in [5.41, 5.74) is 2.37. The summed E-state index contributed by atoms with van der Waals surface area (Å²) in [5, 5.41) is 0.668. The molecule has 0 spiro atoms. The van der Waals surface area contributed by atoms with E-state index in [1.807, 2.05) is 35.2 Å². The summed E-state index contributed by atoms with van der Waals surface area (Å²) in [4.78, 5) is 30.9. The number of hydrogen-bond acceptors (Lipinski definition) is 2. The fraction of sp³-hybridized carbons (Fsp3) is 0.417. The second-order valence-corrected chi connectivity index (χ2v) is 8.71. The van der Waals surface area contributed by atoms with Crippen molar-refractivity contribution >= 4 is 23.5 Å². The molecule has 2 aliphatic heterocycles. The van der Waals surface area contributed by atoms with Crippen LogP contribution in [-0.2, 0) is 17.8 Å². The number of urea groups is 1. The van der Waals surface area contributed by atoms with Gasteiger partial charge in [-0.15, -0.1) is 0 Å². The third kappa shape index (κ3) is 5.14. The fourth-order valence-corrected chi connectivity index (χ4v) is 4.59. The molecule has 2 aromatic rings. The van der Waals surface area contributed by atoms with Crippen molar-refractivity contribution in [2.24, 2.45) is 5.92 Å². The summed E-state index contributed by atoms with van der Waals surface area (Å²) in [6.45, 7) is 3.49. The molecule has 2 saturated heterocycles. The Balaban J connectivity index is 1.24. The smallest absolute Gasteiger partial charge is 0.320 e. The highest BCUT2D eigenvalue weighted by molar-refractivity contribution is 6.30. The van der Waals surface area contributed by atoms with E-state index in [1.54, 1.807) is 9.80 Å². The van der Waals surface area contributed by atoms with Crippen molar-refractivity contribution in [3.05, 3.63) is 70.7 Å². The monoisotopic (exact) mass is 425 g/mol. The zero-order chi connectivity index (χ0) is 20.9. The zero-order valence-corrected chi connectivity index (χ0v) is 17.9. The molecule has 0 unspecified atom stereocenters. The molecule has 30 heavy (non-hydrogen) atoms. The van der Waals surface area contributed by atoms with E-state index in [0.717, 1.165) is 37.9 Å². The highest BCUT2D eigenvalue weighted by atomic mass is 35.5. The van der Waals surface area contributed by atoms with E-state index in [2.05, 4.69) is 24.3 Å². The Labute approximate surface area is 183 Å². The molecule has 0 N–H and O–H groups in total. The van der Waals surface area contributed by atoms with E-state index in [9.17, 15) is 9.59 Å². The summed E-state index contributed by atoms with van der Waals surface area (Å²) in [5.74, 6) is 0.684. The molecule has 0 bridgehead atoms. The van der Waals surface area contributed by atoms with Crippen LogP contribution >= 0.6 is 11.6 Å². The Morgan fingerprint density at radius 2 is 1.60 bits per heavy atom. The second-order valence-electron chi connectivity index (χ2n) is 8.27. The number of hydrogen-bond donors (Lipinski definition) is 0. The van der Waals surface area contributed by atoms with Crippen LogP contribution in [0.5, 0.6) is 0 Å². The predicted octanol–water partition coefficient (Wildman–Crippen LogP) is 4.06. The largest absolute Gasteiger partial charge is 0.341 e. The van der Waals surface area contributed by atoms with E-state index in [-0.39, 0.29) is 18.5 Å². The molecular formula is C24H28ClN3O2. The van der Waals surface area contributed by atoms with Gasteiger partial charge in [-0.3, -0.25) is 4.79 Å². The lowest BCUT2D eigenvalue weighted by Gasteiger charge is -2.33. The van der Waals surface area contributed by atoms with Crippen molar-refractivity contribution < 1.29 is 9.59 Å². The summed E-state index contributed by atoms with van der Waals surface area (Å²) >= 11 is 6.04. The maximum atomic E-state index is 12.8. The molecule has 2 fully saturated rings. The highest BCUT2D eigenvalue weighted by Gasteiger charge is 2.32. The van der Waals surface area contributed by atoms with Crippen molar-refractivity contribution in [3.8, 4) is 0 Å². The zero-order valence-electron chi connectivity index (χ0n) is 17.2. The van der Waals surface area contributed by atoms with E-state index in [1.165, 1.54) is 5.56 Å². The first-order valence-electron chi connectivity index (χ1n) is 10.7. The molecule has 0 atom stereocenters. The SMILES string of the molecule is O=C(CN1CCN(Cc2cccc(Cl)c2)C1=O)N1CCC(Cc2ccccc2)CC1. The first-order chi connectivity index (χ1) is 14.6. The lowest BCUT2D eigenvalue weighted by atomic mass is 9.90. The van der Waals surface area contributed by atoms with Gasteiger partial charge in [0.25, 0.3) is 0 Å². The standard InChI is InChI=1S/C24H28ClN3O2/c25-22-8-4-7-21(16-22)17-27-13-14-28(24(27)30)18-23(29)26-11-9-20(10-12-26)15-19-5-2-1-3-6-19/h1-8,16,20H,9-15,17-18H2. The van der Waals surface area contributed by atoms with Crippen molar-refractivity contribution in [1.29, 1.82) is 0 Å². The van der Waals surface area contributed by atoms with Crippen LogP contribution in [0.25, 0.3) is 0 Å². The highest BCUT2D eigenvalue weighted by Crippen LogP contribution is 2.22. The van der Waals surface area contributed by atoms with Gasteiger partial charge in [0.2, 0.25) is 5.91 Å². The van der Waals surface area contributed by atoms with Crippen LogP contribution in [0.3, 0.4) is 0 Å². The van der Waals surface area contributed by atoms with Crippen molar-refractivity contribution in [2.75, 3.05) is 32.7 Å². The Morgan fingerprint density at radius 3 is 2.33 bits per heavy atom. The van der Waals surface area contributed by atoms with Crippen LogP contribution in [0.1, 0.15) is 24.0 Å². The molecule has 2 heterocycles. The van der Waals surface area contributed by atoms with Crippen LogP contribution in [0.2, 0.25) is 5.02 Å². The Morgan fingerprint density at radius 1 is 0.900 bits per heavy atom. The molecule has 0 radical (unpaired) electrons. The molecule has 0 aromatic heterocycles. The molecule has 2 aromatic carbocycles. The topological polar surface area (TPSA) is 43.9 Å². The van der Waals surface area contributed by atoms with Crippen LogP contribution in [0, 0.1) is 5.92 Å². The van der Waals surface area contributed by atoms with Crippen LogP contribution in [0.4, 0.5) is 4.79 Å². The number of likely N-dealkylation sites (tertiary alicyclic amines) is 1. The van der Waals surface area contributed by atoms with Gasteiger partial charge in [0.1, 0.15) is 6.54 Å². The number of carbonyl (C=O) groups excluding carboxylic acids is 2. The van der Waals surface area contributed by atoms with Gasteiger partial charge in [0, 0.05) is 37.7 Å². The summed E-state index contributed by atoms with van der Waals surface area (Å²) < 4.78 is 0. The number of carbonyl (C=O) groups is 2. The molecule has 0 aliphatic carbocycles. The average molecular weight is 426 g/mol. The lowest BCUT2D eigenvalue weighted by Crippen LogP contribution is -2.45. The number of amides is 3. The molecule has 3 amide bonds. The van der Waals surface area contributed by atoms with Gasteiger partial charge in [-0.25, -0.2) is 4.79 Å². The number of piperidine rings is 1.